The molecule has 1 nitrogen and oxygen atoms in total. The molecule has 0 aromatic heterocycles. The number of nitrogens with zero attached hydrogens (tertiary/aromatic N) is 1. The Balaban J connectivity index is 2.37. The molecule has 0 aliphatic rings. The summed E-state index contributed by atoms with van der Waals surface area (Å²) in [7, 11) is 0. The summed E-state index contributed by atoms with van der Waals surface area (Å²) in [5.74, 6) is 0. The van der Waals surface area contributed by atoms with Gasteiger partial charge in [-0.25, -0.2) is 0 Å². The van der Waals surface area contributed by atoms with Crippen LogP contribution in [0.5, 0.6) is 0 Å². The average Bonchev–Trinajstić information content (AvgIpc) is 2.25. The fraction of sp³-hybridized carbons (Fsp3) is 0.417. The van der Waals surface area contributed by atoms with Crippen molar-refractivity contribution >= 4 is 28.9 Å². The molecule has 86 valence electrons. The molecule has 0 aliphatic heterocycles. The molecule has 1 aromatic carbocycles. The van der Waals surface area contributed by atoms with E-state index in [9.17, 15) is 0 Å². The van der Waals surface area contributed by atoms with E-state index in [1.165, 1.54) is 5.56 Å². The van der Waals surface area contributed by atoms with Crippen LogP contribution in [0, 0.1) is 11.3 Å². The highest BCUT2D eigenvalue weighted by Crippen LogP contribution is 2.27. The van der Waals surface area contributed by atoms with E-state index in [-0.39, 0.29) is 0 Å². The fourth-order valence-electron chi connectivity index (χ4n) is 1.57. The van der Waals surface area contributed by atoms with Crippen LogP contribution in [0.2, 0.25) is 6.04 Å². The average molecular weight is 272 g/mol. The molecule has 0 heterocycles. The van der Waals surface area contributed by atoms with E-state index < -0.39 is 6.69 Å². The second-order valence-corrected chi connectivity index (χ2v) is 11.4. The molecule has 0 spiro atoms. The van der Waals surface area contributed by atoms with Crippen LogP contribution in [0.25, 0.3) is 0 Å². The molecular weight excluding hydrogens is 257 g/mol. The quantitative estimate of drug-likeness (QED) is 0.428. The summed E-state index contributed by atoms with van der Waals surface area (Å²) in [6, 6.07) is 13.9. The minimum Gasteiger partial charge on any atom is -0.198 e. The molecule has 0 atom stereocenters. The number of halogens is 2. The standard InChI is InChI=1S/C12H15Cl2NSi/c13-16(14,10-6-2-5-9-15)11-12-7-3-1-4-8-12/h1,3-4,7-8H,2,5-6,10-11H2. The van der Waals surface area contributed by atoms with Crippen LogP contribution >= 0.6 is 22.2 Å². The molecular formula is C12H15Cl2NSi. The summed E-state index contributed by atoms with van der Waals surface area (Å²) < 4.78 is 0. The Morgan fingerprint density at radius 1 is 1.12 bits per heavy atom. The Hall–Kier alpha value is -0.493. The van der Waals surface area contributed by atoms with Crippen LogP contribution in [-0.2, 0) is 6.04 Å². The van der Waals surface area contributed by atoms with Crippen LogP contribution in [0.1, 0.15) is 24.8 Å². The summed E-state index contributed by atoms with van der Waals surface area (Å²) in [6.45, 7) is -2.16. The van der Waals surface area contributed by atoms with E-state index in [1.807, 2.05) is 18.2 Å². The van der Waals surface area contributed by atoms with Crippen LogP contribution < -0.4 is 0 Å². The van der Waals surface area contributed by atoms with Crippen molar-refractivity contribution in [2.45, 2.75) is 31.4 Å². The van der Waals surface area contributed by atoms with E-state index in [1.54, 1.807) is 0 Å². The number of unbranched alkanes of at least 4 members (excludes halogenated alkanes) is 2. The van der Waals surface area contributed by atoms with Crippen molar-refractivity contribution in [1.29, 1.82) is 5.26 Å². The highest BCUT2D eigenvalue weighted by molar-refractivity contribution is 7.45. The van der Waals surface area contributed by atoms with Gasteiger partial charge in [0, 0.05) is 6.42 Å². The van der Waals surface area contributed by atoms with E-state index in [4.69, 9.17) is 27.4 Å². The molecule has 0 radical (unpaired) electrons. The zero-order valence-electron chi connectivity index (χ0n) is 9.13. The summed E-state index contributed by atoms with van der Waals surface area (Å²) in [5, 5.41) is 8.43. The normalized spacial score (nSPS) is 11.1. The van der Waals surface area contributed by atoms with Crippen molar-refractivity contribution in [3.8, 4) is 6.07 Å². The number of nitriles is 1. The second kappa shape index (κ2) is 6.96. The first-order valence-electron chi connectivity index (χ1n) is 5.43. The maximum absolute atomic E-state index is 8.43. The number of hydrogen-bond donors (Lipinski definition) is 0. The molecule has 16 heavy (non-hydrogen) atoms. The Labute approximate surface area is 107 Å². The van der Waals surface area contributed by atoms with Gasteiger partial charge < -0.3 is 0 Å². The van der Waals surface area contributed by atoms with E-state index >= 15 is 0 Å². The topological polar surface area (TPSA) is 23.8 Å². The first kappa shape index (κ1) is 13.6. The van der Waals surface area contributed by atoms with Gasteiger partial charge in [0.05, 0.1) is 6.07 Å². The first-order valence-corrected chi connectivity index (χ1v) is 9.86. The van der Waals surface area contributed by atoms with Crippen molar-refractivity contribution in [1.82, 2.24) is 0 Å². The third-order valence-corrected chi connectivity index (χ3v) is 6.33. The molecule has 0 fully saturated rings. The zero-order chi connectivity index (χ0) is 11.9. The van der Waals surface area contributed by atoms with Crippen LogP contribution in [0.3, 0.4) is 0 Å². The second-order valence-electron chi connectivity index (χ2n) is 3.88. The van der Waals surface area contributed by atoms with E-state index in [0.717, 1.165) is 24.9 Å². The lowest BCUT2D eigenvalue weighted by atomic mass is 10.2. The van der Waals surface area contributed by atoms with Crippen molar-refractivity contribution in [3.63, 3.8) is 0 Å². The van der Waals surface area contributed by atoms with Gasteiger partial charge in [0.1, 0.15) is 0 Å². The van der Waals surface area contributed by atoms with E-state index in [2.05, 4.69) is 18.2 Å². The highest BCUT2D eigenvalue weighted by Gasteiger charge is 2.27. The van der Waals surface area contributed by atoms with Crippen molar-refractivity contribution in [2.24, 2.45) is 0 Å². The van der Waals surface area contributed by atoms with Gasteiger partial charge >= 0.3 is 0 Å². The minimum absolute atomic E-state index is 0.601. The number of hydrogen-bond acceptors (Lipinski definition) is 1. The van der Waals surface area contributed by atoms with Crippen molar-refractivity contribution in [2.75, 3.05) is 0 Å². The summed E-state index contributed by atoms with van der Waals surface area (Å²) >= 11 is 12.7. The lowest BCUT2D eigenvalue weighted by Gasteiger charge is -2.16. The van der Waals surface area contributed by atoms with Gasteiger partial charge in [0.15, 0.2) is 0 Å². The summed E-state index contributed by atoms with van der Waals surface area (Å²) in [4.78, 5) is 0. The maximum Gasteiger partial charge on any atom is 0.255 e. The van der Waals surface area contributed by atoms with Gasteiger partial charge in [-0.1, -0.05) is 36.8 Å². The maximum atomic E-state index is 8.43. The lowest BCUT2D eigenvalue weighted by molar-refractivity contribution is 0.813. The molecule has 0 unspecified atom stereocenters. The highest BCUT2D eigenvalue weighted by atomic mass is 35.7. The lowest BCUT2D eigenvalue weighted by Crippen LogP contribution is -2.22. The molecule has 1 rings (SSSR count). The molecule has 1 aromatic rings. The van der Waals surface area contributed by atoms with Crippen LogP contribution in [0.4, 0.5) is 0 Å². The molecule has 0 saturated carbocycles. The Kier molecular flexibility index (Phi) is 5.90. The van der Waals surface area contributed by atoms with Gasteiger partial charge in [0.2, 0.25) is 0 Å². The summed E-state index contributed by atoms with van der Waals surface area (Å²) in [6.07, 6.45) is 2.46. The molecule has 0 amide bonds. The predicted octanol–water partition coefficient (Wildman–Crippen LogP) is 4.38. The Bertz CT molecular complexity index is 346. The Morgan fingerprint density at radius 2 is 1.81 bits per heavy atom. The van der Waals surface area contributed by atoms with Gasteiger partial charge in [-0.2, -0.15) is 5.26 Å². The molecule has 0 bridgehead atoms. The predicted molar refractivity (Wildman–Crippen MR) is 71.9 cm³/mol. The van der Waals surface area contributed by atoms with Gasteiger partial charge in [0.25, 0.3) is 6.69 Å². The number of benzene rings is 1. The van der Waals surface area contributed by atoms with Gasteiger partial charge in [-0.05, 0) is 24.1 Å². The largest absolute Gasteiger partial charge is 0.255 e. The van der Waals surface area contributed by atoms with Gasteiger partial charge in [-0.15, -0.1) is 22.2 Å². The summed E-state index contributed by atoms with van der Waals surface area (Å²) in [5.41, 5.74) is 1.21. The van der Waals surface area contributed by atoms with Gasteiger partial charge in [-0.3, -0.25) is 0 Å². The van der Waals surface area contributed by atoms with Crippen molar-refractivity contribution < 1.29 is 0 Å². The van der Waals surface area contributed by atoms with Crippen LogP contribution in [-0.4, -0.2) is 6.69 Å². The third kappa shape index (κ3) is 5.55. The minimum atomic E-state index is -2.16. The third-order valence-electron chi connectivity index (χ3n) is 2.39. The molecule has 4 heteroatoms. The molecule has 0 aliphatic carbocycles. The van der Waals surface area contributed by atoms with Crippen LogP contribution in [0.15, 0.2) is 30.3 Å². The molecule has 0 N–H and O–H groups in total. The monoisotopic (exact) mass is 271 g/mol. The number of rotatable bonds is 6. The smallest absolute Gasteiger partial charge is 0.198 e. The van der Waals surface area contributed by atoms with Crippen molar-refractivity contribution in [3.05, 3.63) is 35.9 Å². The fourth-order valence-corrected chi connectivity index (χ4v) is 5.08. The SMILES string of the molecule is N#CCCCC[Si](Cl)(Cl)Cc1ccccc1. The Morgan fingerprint density at radius 3 is 2.44 bits per heavy atom. The molecule has 0 saturated heterocycles. The first-order chi connectivity index (χ1) is 7.64. The van der Waals surface area contributed by atoms with E-state index in [0.29, 0.717) is 6.42 Å². The zero-order valence-corrected chi connectivity index (χ0v) is 11.6.